The molecule has 1 N–H and O–H groups in total. The summed E-state index contributed by atoms with van der Waals surface area (Å²) in [6.45, 7) is 2.25. The van der Waals surface area contributed by atoms with Gasteiger partial charge in [-0.15, -0.1) is 5.10 Å². The van der Waals surface area contributed by atoms with Crippen molar-refractivity contribution in [2.75, 3.05) is 13.1 Å². The number of aromatic nitrogens is 4. The highest BCUT2D eigenvalue weighted by Crippen LogP contribution is 2.30. The van der Waals surface area contributed by atoms with Gasteiger partial charge < -0.3 is 4.90 Å². The van der Waals surface area contributed by atoms with Gasteiger partial charge >= 0.3 is 0 Å². The van der Waals surface area contributed by atoms with Crippen LogP contribution < -0.4 is 4.90 Å². The molecule has 2 heterocycles. The maximum absolute atomic E-state index is 13.5. The van der Waals surface area contributed by atoms with Gasteiger partial charge in [0.15, 0.2) is 6.04 Å². The molecule has 6 heteroatoms. The van der Waals surface area contributed by atoms with E-state index in [1.54, 1.807) is 12.1 Å². The van der Waals surface area contributed by atoms with Crippen molar-refractivity contribution in [1.29, 1.82) is 0 Å². The fraction of sp³-hybridized carbons (Fsp3) is 0.650. The number of rotatable bonds is 4. The van der Waals surface area contributed by atoms with Gasteiger partial charge in [-0.2, -0.15) is 0 Å². The Morgan fingerprint density at radius 3 is 2.27 bits per heavy atom. The molecule has 1 aliphatic carbocycles. The molecular formula is C20H29FN5+. The van der Waals surface area contributed by atoms with Crippen molar-refractivity contribution in [3.8, 4) is 0 Å². The molecule has 2 fully saturated rings. The molecule has 26 heavy (non-hydrogen) atoms. The molecule has 5 nitrogen and oxygen atoms in total. The van der Waals surface area contributed by atoms with Crippen molar-refractivity contribution in [2.24, 2.45) is 0 Å². The first-order valence-electron chi connectivity index (χ1n) is 10.2. The van der Waals surface area contributed by atoms with Crippen LogP contribution >= 0.6 is 0 Å². The second kappa shape index (κ2) is 8.25. The van der Waals surface area contributed by atoms with Crippen molar-refractivity contribution in [3.05, 3.63) is 41.5 Å². The zero-order valence-corrected chi connectivity index (χ0v) is 15.4. The first kappa shape index (κ1) is 17.6. The van der Waals surface area contributed by atoms with E-state index in [0.29, 0.717) is 6.04 Å². The zero-order chi connectivity index (χ0) is 17.8. The van der Waals surface area contributed by atoms with Gasteiger partial charge in [0.2, 0.25) is 5.82 Å². The number of tetrazole rings is 1. The fourth-order valence-corrected chi connectivity index (χ4v) is 4.67. The smallest absolute Gasteiger partial charge is 0.214 e. The zero-order valence-electron chi connectivity index (χ0n) is 15.4. The molecule has 140 valence electrons. The molecule has 1 saturated heterocycles. The highest BCUT2D eigenvalue weighted by Gasteiger charge is 2.34. The van der Waals surface area contributed by atoms with Crippen molar-refractivity contribution in [3.63, 3.8) is 0 Å². The predicted molar refractivity (Wildman–Crippen MR) is 97.3 cm³/mol. The molecular weight excluding hydrogens is 329 g/mol. The van der Waals surface area contributed by atoms with Gasteiger partial charge in [0.05, 0.1) is 19.1 Å². The van der Waals surface area contributed by atoms with E-state index in [2.05, 4.69) is 20.2 Å². The number of benzene rings is 1. The van der Waals surface area contributed by atoms with Crippen LogP contribution in [0.1, 0.15) is 81.3 Å². The Morgan fingerprint density at radius 2 is 1.58 bits per heavy atom. The molecule has 0 bridgehead atoms. The number of hydrogen-bond acceptors (Lipinski definition) is 3. The highest BCUT2D eigenvalue weighted by atomic mass is 19.1. The normalized spacial score (nSPS) is 21.4. The molecule has 1 atom stereocenters. The van der Waals surface area contributed by atoms with Gasteiger partial charge in [-0.25, -0.2) is 9.07 Å². The molecule has 1 aliphatic heterocycles. The largest absolute Gasteiger partial charge is 0.322 e. The lowest BCUT2D eigenvalue weighted by molar-refractivity contribution is -0.925. The summed E-state index contributed by atoms with van der Waals surface area (Å²) >= 11 is 0. The van der Waals surface area contributed by atoms with Crippen LogP contribution in [0.2, 0.25) is 0 Å². The number of halogens is 1. The van der Waals surface area contributed by atoms with Crippen LogP contribution in [0.5, 0.6) is 0 Å². The first-order valence-corrected chi connectivity index (χ1v) is 10.2. The van der Waals surface area contributed by atoms with Crippen molar-refractivity contribution in [2.45, 2.75) is 69.9 Å². The average molecular weight is 358 g/mol. The SMILES string of the molecule is Fc1ccc([C@@H](c2nnnn2C2CCCCC2)[NH+]2CCCCCC2)cc1. The topological polar surface area (TPSA) is 48.0 Å². The summed E-state index contributed by atoms with van der Waals surface area (Å²) in [7, 11) is 0. The number of quaternary nitrogens is 1. The maximum atomic E-state index is 13.5. The van der Waals surface area contributed by atoms with Crippen molar-refractivity contribution < 1.29 is 9.29 Å². The summed E-state index contributed by atoms with van der Waals surface area (Å²) in [6.07, 6.45) is 11.2. The summed E-state index contributed by atoms with van der Waals surface area (Å²) in [5.41, 5.74) is 1.12. The molecule has 2 aliphatic rings. The molecule has 2 aromatic rings. The lowest BCUT2D eigenvalue weighted by atomic mass is 9.95. The second-order valence-corrected chi connectivity index (χ2v) is 7.83. The molecule has 1 aromatic heterocycles. The number of nitrogens with one attached hydrogen (secondary N) is 1. The van der Waals surface area contributed by atoms with Crippen LogP contribution in [0.25, 0.3) is 0 Å². The molecule has 1 saturated carbocycles. The third kappa shape index (κ3) is 3.80. The van der Waals surface area contributed by atoms with Crippen molar-refractivity contribution in [1.82, 2.24) is 20.2 Å². The van der Waals surface area contributed by atoms with Crippen LogP contribution in [0, 0.1) is 5.82 Å². The second-order valence-electron chi connectivity index (χ2n) is 7.83. The van der Waals surface area contributed by atoms with E-state index in [4.69, 9.17) is 0 Å². The Labute approximate surface area is 154 Å². The molecule has 4 rings (SSSR count). The summed E-state index contributed by atoms with van der Waals surface area (Å²) < 4.78 is 15.6. The van der Waals surface area contributed by atoms with Gasteiger partial charge in [-0.05, 0) is 73.2 Å². The van der Waals surface area contributed by atoms with Gasteiger partial charge in [0, 0.05) is 5.56 Å². The minimum absolute atomic E-state index is 0.0885. The molecule has 0 radical (unpaired) electrons. The Kier molecular flexibility index (Phi) is 5.58. The van der Waals surface area contributed by atoms with Gasteiger partial charge in [-0.3, -0.25) is 0 Å². The molecule has 0 amide bonds. The van der Waals surface area contributed by atoms with Gasteiger partial charge in [0.25, 0.3) is 0 Å². The summed E-state index contributed by atoms with van der Waals surface area (Å²) in [5.74, 6) is 0.769. The molecule has 0 spiro atoms. The maximum Gasteiger partial charge on any atom is 0.214 e. The molecule has 0 unspecified atom stereocenters. The first-order chi connectivity index (χ1) is 12.8. The fourth-order valence-electron chi connectivity index (χ4n) is 4.67. The van der Waals surface area contributed by atoms with E-state index in [9.17, 15) is 4.39 Å². The Morgan fingerprint density at radius 1 is 0.923 bits per heavy atom. The summed E-state index contributed by atoms with van der Waals surface area (Å²) in [5, 5.41) is 12.9. The van der Waals surface area contributed by atoms with Crippen LogP contribution in [0.15, 0.2) is 24.3 Å². The standard InChI is InChI=1S/C20H28FN5/c21-17-12-10-16(11-13-17)19(25-14-6-1-2-7-15-25)20-22-23-24-26(20)18-8-4-3-5-9-18/h10-13,18-19H,1-9,14-15H2/p+1/t19-/m0/s1. The van der Waals surface area contributed by atoms with Gasteiger partial charge in [0.1, 0.15) is 5.82 Å². The third-order valence-corrected chi connectivity index (χ3v) is 6.05. The van der Waals surface area contributed by atoms with Crippen molar-refractivity contribution >= 4 is 0 Å². The quantitative estimate of drug-likeness (QED) is 0.914. The van der Waals surface area contributed by atoms with E-state index < -0.39 is 0 Å². The molecule has 1 aromatic carbocycles. The minimum Gasteiger partial charge on any atom is -0.322 e. The van der Waals surface area contributed by atoms with Gasteiger partial charge in [-0.1, -0.05) is 19.3 Å². The highest BCUT2D eigenvalue weighted by molar-refractivity contribution is 5.23. The van der Waals surface area contributed by atoms with Crippen LogP contribution in [-0.2, 0) is 0 Å². The van der Waals surface area contributed by atoms with Crippen LogP contribution in [0.4, 0.5) is 4.39 Å². The Hall–Kier alpha value is -1.82. The van der Waals surface area contributed by atoms with Crippen LogP contribution in [0.3, 0.4) is 0 Å². The number of nitrogens with zero attached hydrogens (tertiary/aromatic N) is 4. The number of hydrogen-bond donors (Lipinski definition) is 1. The Balaban J connectivity index is 1.70. The average Bonchev–Trinajstić information content (AvgIpc) is 3.00. The van der Waals surface area contributed by atoms with E-state index in [0.717, 1.165) is 37.3 Å². The van der Waals surface area contributed by atoms with Crippen LogP contribution in [-0.4, -0.2) is 33.3 Å². The van der Waals surface area contributed by atoms with E-state index >= 15 is 0 Å². The lowest BCUT2D eigenvalue weighted by Gasteiger charge is -2.29. The Bertz CT molecular complexity index is 684. The monoisotopic (exact) mass is 358 g/mol. The van der Waals surface area contributed by atoms with E-state index in [1.807, 2.05) is 12.1 Å². The lowest BCUT2D eigenvalue weighted by Crippen LogP contribution is -3.12. The van der Waals surface area contributed by atoms with E-state index in [1.165, 1.54) is 49.8 Å². The third-order valence-electron chi connectivity index (χ3n) is 6.05. The summed E-state index contributed by atoms with van der Waals surface area (Å²) in [6, 6.07) is 7.45. The summed E-state index contributed by atoms with van der Waals surface area (Å²) in [4.78, 5) is 1.51. The predicted octanol–water partition coefficient (Wildman–Crippen LogP) is 2.87. The van der Waals surface area contributed by atoms with E-state index in [-0.39, 0.29) is 11.9 Å². The minimum atomic E-state index is -0.190. The number of likely N-dealkylation sites (tertiary alicyclic amines) is 1.